The Labute approximate surface area is 160 Å². The highest BCUT2D eigenvalue weighted by Crippen LogP contribution is 2.29. The van der Waals surface area contributed by atoms with Crippen LogP contribution in [-0.4, -0.2) is 32.8 Å². The van der Waals surface area contributed by atoms with Crippen molar-refractivity contribution in [3.8, 4) is 22.6 Å². The number of halogens is 1. The van der Waals surface area contributed by atoms with Crippen molar-refractivity contribution < 1.29 is 14.0 Å². The molecule has 1 aliphatic heterocycles. The van der Waals surface area contributed by atoms with Crippen molar-refractivity contribution in [1.29, 1.82) is 0 Å². The lowest BCUT2D eigenvalue weighted by Crippen LogP contribution is -2.41. The highest BCUT2D eigenvalue weighted by Gasteiger charge is 2.27. The Hall–Kier alpha value is -3.55. The van der Waals surface area contributed by atoms with Gasteiger partial charge in [0.2, 0.25) is 11.8 Å². The number of rotatable bonds is 5. The van der Waals surface area contributed by atoms with Crippen molar-refractivity contribution in [2.24, 2.45) is 0 Å². The average Bonchev–Trinajstić information content (AvgIpc) is 3.33. The second-order valence-electron chi connectivity index (χ2n) is 6.51. The van der Waals surface area contributed by atoms with Gasteiger partial charge in [0.15, 0.2) is 0 Å². The molecule has 1 saturated heterocycles. The lowest BCUT2D eigenvalue weighted by Gasteiger charge is -2.09. The molecule has 3 heterocycles. The second kappa shape index (κ2) is 7.59. The molecule has 28 heavy (non-hydrogen) atoms. The number of aromatic nitrogens is 3. The van der Waals surface area contributed by atoms with Crippen LogP contribution in [0.15, 0.2) is 48.7 Å². The van der Waals surface area contributed by atoms with Crippen molar-refractivity contribution in [2.45, 2.75) is 25.4 Å². The Morgan fingerprint density at radius 2 is 2.14 bits per heavy atom. The van der Waals surface area contributed by atoms with Crippen molar-refractivity contribution in [3.05, 3.63) is 60.3 Å². The van der Waals surface area contributed by atoms with Gasteiger partial charge in [-0.3, -0.25) is 14.6 Å². The smallest absolute Gasteiger partial charge is 0.242 e. The van der Waals surface area contributed by atoms with Crippen LogP contribution < -0.4 is 10.6 Å². The molecule has 3 N–H and O–H groups in total. The minimum Gasteiger partial charge on any atom is -0.347 e. The minimum absolute atomic E-state index is 0.121. The van der Waals surface area contributed by atoms with Crippen LogP contribution in [0.1, 0.15) is 18.7 Å². The number of amides is 2. The van der Waals surface area contributed by atoms with Gasteiger partial charge in [-0.1, -0.05) is 18.2 Å². The number of hydrogen-bond acceptors (Lipinski definition) is 4. The van der Waals surface area contributed by atoms with E-state index in [0.29, 0.717) is 41.3 Å². The molecular weight excluding hydrogens is 361 g/mol. The SMILES string of the molecule is O=C1CC[C@H](C(=O)NCc2nc(-c3cccc(F)c3)c(-c3ccccn3)[nH]2)N1. The maximum Gasteiger partial charge on any atom is 0.242 e. The third-order valence-corrected chi connectivity index (χ3v) is 4.51. The number of imidazole rings is 1. The second-order valence-corrected chi connectivity index (χ2v) is 6.51. The van der Waals surface area contributed by atoms with Crippen LogP contribution in [0.25, 0.3) is 22.6 Å². The number of aromatic amines is 1. The van der Waals surface area contributed by atoms with E-state index in [1.807, 2.05) is 12.1 Å². The Morgan fingerprint density at radius 1 is 1.25 bits per heavy atom. The molecular formula is C20H18FN5O2. The van der Waals surface area contributed by atoms with Crippen LogP contribution in [0.5, 0.6) is 0 Å². The van der Waals surface area contributed by atoms with Crippen molar-refractivity contribution >= 4 is 11.8 Å². The molecule has 0 unspecified atom stereocenters. The van der Waals surface area contributed by atoms with Gasteiger partial charge in [0.05, 0.1) is 23.6 Å². The molecule has 1 fully saturated rings. The van der Waals surface area contributed by atoms with Crippen LogP contribution >= 0.6 is 0 Å². The molecule has 0 saturated carbocycles. The fourth-order valence-electron chi connectivity index (χ4n) is 3.15. The van der Waals surface area contributed by atoms with Gasteiger partial charge in [-0.2, -0.15) is 0 Å². The number of nitrogens with one attached hydrogen (secondary N) is 3. The topological polar surface area (TPSA) is 99.8 Å². The van der Waals surface area contributed by atoms with Gasteiger partial charge in [0.25, 0.3) is 0 Å². The van der Waals surface area contributed by atoms with E-state index in [4.69, 9.17) is 0 Å². The molecule has 1 atom stereocenters. The molecule has 0 aliphatic carbocycles. The third kappa shape index (κ3) is 3.75. The molecule has 1 aliphatic rings. The summed E-state index contributed by atoms with van der Waals surface area (Å²) >= 11 is 0. The molecule has 8 heteroatoms. The Balaban J connectivity index is 1.60. The zero-order valence-electron chi connectivity index (χ0n) is 14.9. The maximum absolute atomic E-state index is 13.7. The predicted octanol–water partition coefficient (Wildman–Crippen LogP) is 2.17. The van der Waals surface area contributed by atoms with Gasteiger partial charge in [0.1, 0.15) is 17.7 Å². The van der Waals surface area contributed by atoms with Gasteiger partial charge in [0, 0.05) is 18.2 Å². The fraction of sp³-hybridized carbons (Fsp3) is 0.200. The summed E-state index contributed by atoms with van der Waals surface area (Å²) in [7, 11) is 0. The van der Waals surface area contributed by atoms with Crippen LogP contribution in [0.4, 0.5) is 4.39 Å². The molecule has 2 amide bonds. The lowest BCUT2D eigenvalue weighted by molar-refractivity contribution is -0.125. The van der Waals surface area contributed by atoms with Crippen molar-refractivity contribution in [3.63, 3.8) is 0 Å². The first-order valence-electron chi connectivity index (χ1n) is 8.93. The van der Waals surface area contributed by atoms with E-state index in [-0.39, 0.29) is 24.2 Å². The minimum atomic E-state index is -0.514. The molecule has 2 aromatic heterocycles. The van der Waals surface area contributed by atoms with Gasteiger partial charge < -0.3 is 15.6 Å². The Bertz CT molecular complexity index is 1020. The number of carbonyl (C=O) groups is 2. The summed E-state index contributed by atoms with van der Waals surface area (Å²) in [6.45, 7) is 0.153. The highest BCUT2D eigenvalue weighted by molar-refractivity contribution is 5.90. The molecule has 0 radical (unpaired) electrons. The van der Waals surface area contributed by atoms with Crippen LogP contribution in [0, 0.1) is 5.82 Å². The summed E-state index contributed by atoms with van der Waals surface area (Å²) < 4.78 is 13.7. The number of H-pyrrole nitrogens is 1. The van der Waals surface area contributed by atoms with Crippen molar-refractivity contribution in [1.82, 2.24) is 25.6 Å². The standard InChI is InChI=1S/C20H18FN5O2/c21-13-5-3-4-12(10-13)18-19(14-6-1-2-9-22-14)26-16(25-18)11-23-20(28)15-7-8-17(27)24-15/h1-6,9-10,15H,7-8,11H2,(H,23,28)(H,24,27)(H,25,26)/t15-/m1/s1. The molecule has 3 aromatic rings. The van der Waals surface area contributed by atoms with E-state index < -0.39 is 6.04 Å². The third-order valence-electron chi connectivity index (χ3n) is 4.51. The van der Waals surface area contributed by atoms with E-state index in [0.717, 1.165) is 0 Å². The quantitative estimate of drug-likeness (QED) is 0.633. The zero-order valence-corrected chi connectivity index (χ0v) is 14.9. The summed E-state index contributed by atoms with van der Waals surface area (Å²) in [5.41, 5.74) is 2.47. The monoisotopic (exact) mass is 379 g/mol. The summed E-state index contributed by atoms with van der Waals surface area (Å²) in [5, 5.41) is 5.41. The first-order valence-corrected chi connectivity index (χ1v) is 8.93. The average molecular weight is 379 g/mol. The van der Waals surface area contributed by atoms with E-state index in [1.165, 1.54) is 12.1 Å². The summed E-state index contributed by atoms with van der Waals surface area (Å²) in [5.74, 6) is -0.227. The number of carbonyl (C=O) groups excluding carboxylic acids is 2. The van der Waals surface area contributed by atoms with Gasteiger partial charge >= 0.3 is 0 Å². The Kier molecular flexibility index (Phi) is 4.84. The van der Waals surface area contributed by atoms with Crippen LogP contribution in [0.3, 0.4) is 0 Å². The van der Waals surface area contributed by atoms with Crippen LogP contribution in [-0.2, 0) is 16.1 Å². The lowest BCUT2D eigenvalue weighted by atomic mass is 10.1. The van der Waals surface area contributed by atoms with Gasteiger partial charge in [-0.25, -0.2) is 9.37 Å². The van der Waals surface area contributed by atoms with Crippen molar-refractivity contribution in [2.75, 3.05) is 0 Å². The molecule has 0 spiro atoms. The molecule has 142 valence electrons. The largest absolute Gasteiger partial charge is 0.347 e. The number of hydrogen-bond donors (Lipinski definition) is 3. The first-order chi connectivity index (χ1) is 13.6. The summed E-state index contributed by atoms with van der Waals surface area (Å²) in [4.78, 5) is 35.5. The fourth-order valence-corrected chi connectivity index (χ4v) is 3.15. The first kappa shape index (κ1) is 17.8. The van der Waals surface area contributed by atoms with Gasteiger partial charge in [-0.15, -0.1) is 0 Å². The molecule has 7 nitrogen and oxygen atoms in total. The number of pyridine rings is 1. The zero-order chi connectivity index (χ0) is 19.5. The molecule has 4 rings (SSSR count). The van der Waals surface area contributed by atoms with Gasteiger partial charge in [-0.05, 0) is 30.7 Å². The predicted molar refractivity (Wildman–Crippen MR) is 100 cm³/mol. The molecule has 0 bridgehead atoms. The number of nitrogens with zero attached hydrogens (tertiary/aromatic N) is 2. The Morgan fingerprint density at radius 3 is 2.86 bits per heavy atom. The van der Waals surface area contributed by atoms with E-state index >= 15 is 0 Å². The van der Waals surface area contributed by atoms with E-state index in [1.54, 1.807) is 24.4 Å². The maximum atomic E-state index is 13.7. The highest BCUT2D eigenvalue weighted by atomic mass is 19.1. The normalized spacial score (nSPS) is 16.0. The van der Waals surface area contributed by atoms with Crippen LogP contribution in [0.2, 0.25) is 0 Å². The summed E-state index contributed by atoms with van der Waals surface area (Å²) in [6, 6.07) is 11.1. The van der Waals surface area contributed by atoms with E-state index in [9.17, 15) is 14.0 Å². The molecule has 1 aromatic carbocycles. The summed E-state index contributed by atoms with van der Waals surface area (Å²) in [6.07, 6.45) is 2.50. The number of benzene rings is 1. The van der Waals surface area contributed by atoms with E-state index in [2.05, 4.69) is 25.6 Å².